The van der Waals surface area contributed by atoms with Gasteiger partial charge in [0.1, 0.15) is 0 Å². The van der Waals surface area contributed by atoms with Gasteiger partial charge in [0.25, 0.3) is 0 Å². The molecule has 2 heteroatoms. The van der Waals surface area contributed by atoms with Crippen LogP contribution in [-0.2, 0) is 5.41 Å². The zero-order chi connectivity index (χ0) is 30.1. The summed E-state index contributed by atoms with van der Waals surface area (Å²) in [6.45, 7) is 4.70. The molecule has 9 rings (SSSR count). The van der Waals surface area contributed by atoms with Crippen molar-refractivity contribution in [2.45, 2.75) is 19.3 Å². The first-order valence-electron chi connectivity index (χ1n) is 15.6. The summed E-state index contributed by atoms with van der Waals surface area (Å²) < 4.78 is 0. The third-order valence-corrected chi connectivity index (χ3v) is 9.67. The smallest absolute Gasteiger partial charge is 0.0759 e. The molecule has 0 fully saturated rings. The molecule has 0 atom stereocenters. The van der Waals surface area contributed by atoms with E-state index in [2.05, 4.69) is 152 Å². The molecule has 0 N–H and O–H groups in total. The van der Waals surface area contributed by atoms with Crippen molar-refractivity contribution in [3.8, 4) is 44.6 Å². The Balaban J connectivity index is 1.18. The highest BCUT2D eigenvalue weighted by molar-refractivity contribution is 6.15. The Morgan fingerprint density at radius 2 is 1.13 bits per heavy atom. The number of pyridine rings is 2. The quantitative estimate of drug-likeness (QED) is 0.196. The molecule has 212 valence electrons. The van der Waals surface area contributed by atoms with Crippen molar-refractivity contribution < 1.29 is 0 Å². The summed E-state index contributed by atoms with van der Waals surface area (Å²) in [5.74, 6) is 0. The van der Waals surface area contributed by atoms with Gasteiger partial charge in [0.05, 0.1) is 16.7 Å². The Morgan fingerprint density at radius 3 is 1.91 bits per heavy atom. The number of hydrogen-bond acceptors (Lipinski definition) is 2. The molecule has 0 radical (unpaired) electrons. The molecule has 0 aliphatic heterocycles. The summed E-state index contributed by atoms with van der Waals surface area (Å²) in [4.78, 5) is 10.0. The second-order valence-electron chi connectivity index (χ2n) is 12.6. The van der Waals surface area contributed by atoms with Gasteiger partial charge in [0.15, 0.2) is 0 Å². The highest BCUT2D eigenvalue weighted by Crippen LogP contribution is 2.54. The Morgan fingerprint density at radius 1 is 0.511 bits per heavy atom. The van der Waals surface area contributed by atoms with Crippen molar-refractivity contribution in [2.75, 3.05) is 0 Å². The summed E-state index contributed by atoms with van der Waals surface area (Å²) >= 11 is 0. The Hall–Kier alpha value is -5.60. The lowest BCUT2D eigenvalue weighted by atomic mass is 9.78. The fraction of sp³-hybridized carbons (Fsp3) is 0.0698. The van der Waals surface area contributed by atoms with Crippen LogP contribution in [0.15, 0.2) is 146 Å². The molecule has 2 heterocycles. The van der Waals surface area contributed by atoms with Crippen LogP contribution in [0.4, 0.5) is 0 Å². The predicted octanol–water partition coefficient (Wildman–Crippen LogP) is 11.2. The number of benzene rings is 6. The van der Waals surface area contributed by atoms with E-state index < -0.39 is 0 Å². The van der Waals surface area contributed by atoms with Crippen LogP contribution in [0.1, 0.15) is 25.0 Å². The molecule has 0 saturated heterocycles. The van der Waals surface area contributed by atoms with Crippen molar-refractivity contribution in [3.63, 3.8) is 0 Å². The largest absolute Gasteiger partial charge is 0.256 e. The summed E-state index contributed by atoms with van der Waals surface area (Å²) in [6, 6.07) is 50.3. The molecule has 0 amide bonds. The number of rotatable bonds is 3. The zero-order valence-corrected chi connectivity index (χ0v) is 25.3. The minimum absolute atomic E-state index is 0.175. The van der Waals surface area contributed by atoms with Crippen molar-refractivity contribution in [1.29, 1.82) is 0 Å². The molecule has 2 aromatic heterocycles. The lowest BCUT2D eigenvalue weighted by molar-refractivity contribution is 0.662. The van der Waals surface area contributed by atoms with Gasteiger partial charge < -0.3 is 0 Å². The summed E-state index contributed by atoms with van der Waals surface area (Å²) in [5.41, 5.74) is 14.1. The summed E-state index contributed by atoms with van der Waals surface area (Å²) in [7, 11) is 0. The maximum Gasteiger partial charge on any atom is 0.0759 e. The van der Waals surface area contributed by atoms with Gasteiger partial charge in [0, 0.05) is 33.5 Å². The van der Waals surface area contributed by atoms with Gasteiger partial charge in [-0.05, 0) is 67.9 Å². The average molecular weight is 575 g/mol. The third kappa shape index (κ3) is 3.96. The molecule has 0 spiro atoms. The van der Waals surface area contributed by atoms with Crippen LogP contribution in [0.5, 0.6) is 0 Å². The van der Waals surface area contributed by atoms with Gasteiger partial charge in [0.2, 0.25) is 0 Å². The first-order chi connectivity index (χ1) is 22.1. The van der Waals surface area contributed by atoms with Crippen LogP contribution in [0.3, 0.4) is 0 Å². The Kier molecular flexibility index (Phi) is 5.58. The molecule has 0 unspecified atom stereocenters. The van der Waals surface area contributed by atoms with Gasteiger partial charge in [-0.3, -0.25) is 4.98 Å². The first-order valence-corrected chi connectivity index (χ1v) is 15.6. The van der Waals surface area contributed by atoms with Gasteiger partial charge in [-0.1, -0.05) is 135 Å². The number of para-hydroxylation sites is 1. The van der Waals surface area contributed by atoms with Crippen LogP contribution in [0, 0.1) is 0 Å². The van der Waals surface area contributed by atoms with Crippen molar-refractivity contribution in [2.24, 2.45) is 0 Å². The number of fused-ring (bicyclic) bond motifs is 7. The topological polar surface area (TPSA) is 25.8 Å². The maximum absolute atomic E-state index is 5.34. The normalized spacial score (nSPS) is 13.3. The summed E-state index contributed by atoms with van der Waals surface area (Å²) in [6.07, 6.45) is 1.97. The highest BCUT2D eigenvalue weighted by Gasteiger charge is 2.39. The van der Waals surface area contributed by atoms with Gasteiger partial charge in [-0.15, -0.1) is 0 Å². The van der Waals surface area contributed by atoms with Gasteiger partial charge >= 0.3 is 0 Å². The van der Waals surface area contributed by atoms with E-state index in [0.29, 0.717) is 0 Å². The molecule has 45 heavy (non-hydrogen) atoms. The van der Waals surface area contributed by atoms with Crippen LogP contribution < -0.4 is 0 Å². The lowest BCUT2D eigenvalue weighted by Crippen LogP contribution is -2.16. The van der Waals surface area contributed by atoms with E-state index in [4.69, 9.17) is 4.98 Å². The Bertz CT molecular complexity index is 2430. The molecule has 8 aromatic rings. The molecular weight excluding hydrogens is 544 g/mol. The third-order valence-electron chi connectivity index (χ3n) is 9.67. The summed E-state index contributed by atoms with van der Waals surface area (Å²) in [5, 5.41) is 4.87. The van der Waals surface area contributed by atoms with Crippen LogP contribution >= 0.6 is 0 Å². The second kappa shape index (κ2) is 9.70. The number of aromatic nitrogens is 2. The van der Waals surface area contributed by atoms with Crippen molar-refractivity contribution >= 4 is 32.6 Å². The first kappa shape index (κ1) is 25.9. The van der Waals surface area contributed by atoms with E-state index in [-0.39, 0.29) is 5.41 Å². The zero-order valence-electron chi connectivity index (χ0n) is 25.3. The Labute approximate surface area is 262 Å². The van der Waals surface area contributed by atoms with E-state index in [0.717, 1.165) is 27.7 Å². The average Bonchev–Trinajstić information content (AvgIpc) is 3.33. The molecule has 6 aromatic carbocycles. The minimum Gasteiger partial charge on any atom is -0.256 e. The fourth-order valence-corrected chi connectivity index (χ4v) is 7.41. The van der Waals surface area contributed by atoms with E-state index in [9.17, 15) is 0 Å². The van der Waals surface area contributed by atoms with E-state index in [1.807, 2.05) is 12.3 Å². The van der Waals surface area contributed by atoms with Crippen LogP contribution in [-0.4, -0.2) is 9.97 Å². The van der Waals surface area contributed by atoms with Crippen LogP contribution in [0.25, 0.3) is 77.2 Å². The number of nitrogens with zero attached hydrogens (tertiary/aromatic N) is 2. The second-order valence-corrected chi connectivity index (χ2v) is 12.6. The molecule has 2 nitrogen and oxygen atoms in total. The van der Waals surface area contributed by atoms with Gasteiger partial charge in [-0.2, -0.15) is 0 Å². The van der Waals surface area contributed by atoms with Gasteiger partial charge in [-0.25, -0.2) is 4.98 Å². The minimum atomic E-state index is -0.175. The molecule has 0 bridgehead atoms. The van der Waals surface area contributed by atoms with Crippen LogP contribution in [0.2, 0.25) is 0 Å². The SMILES string of the molecule is CC1(C)c2ccccc2-c2nc3ccc4ccccc4c3c(-c3ccc(-c4ccc(-c5cnc6ccccc6c5)cc4)cc3)c21. The van der Waals surface area contributed by atoms with E-state index >= 15 is 0 Å². The fourth-order valence-electron chi connectivity index (χ4n) is 7.41. The molecular formula is C43H30N2. The standard InChI is InChI=1S/C43H30N2/c1-43(2)36-13-7-6-12-35(36)42-41(43)39(40-34-11-5-3-9-30(34)23-24-38(40)45-42)31-21-19-28(20-22-31)27-15-17-29(18-16-27)33-25-32-10-4-8-14-37(32)44-26-33/h3-26H,1-2H3. The van der Waals surface area contributed by atoms with E-state index in [1.165, 1.54) is 60.7 Å². The molecule has 1 aliphatic rings. The highest BCUT2D eigenvalue weighted by atomic mass is 14.7. The van der Waals surface area contributed by atoms with E-state index in [1.54, 1.807) is 0 Å². The maximum atomic E-state index is 5.34. The monoisotopic (exact) mass is 574 g/mol. The van der Waals surface area contributed by atoms with Crippen molar-refractivity contribution in [1.82, 2.24) is 9.97 Å². The predicted molar refractivity (Wildman–Crippen MR) is 188 cm³/mol. The lowest BCUT2D eigenvalue weighted by Gasteiger charge is -2.25. The molecule has 1 aliphatic carbocycles. The molecule has 0 saturated carbocycles. The van der Waals surface area contributed by atoms with Crippen molar-refractivity contribution in [3.05, 3.63) is 157 Å². The number of hydrogen-bond donors (Lipinski definition) is 0.